The number of rotatable bonds is 1. The van der Waals surface area contributed by atoms with Gasteiger partial charge in [0.15, 0.2) is 12.2 Å². The molecule has 1 aromatic rings. The predicted molar refractivity (Wildman–Crippen MR) is 45.1 cm³/mol. The Bertz CT molecular complexity index is 215. The van der Waals surface area contributed by atoms with Crippen molar-refractivity contribution in [2.24, 2.45) is 0 Å². The molecule has 0 saturated heterocycles. The van der Waals surface area contributed by atoms with Crippen LogP contribution in [0.4, 0.5) is 17.3 Å². The molecule has 0 aliphatic rings. The Morgan fingerprint density at radius 3 is 1.85 bits per heavy atom. The van der Waals surface area contributed by atoms with Crippen molar-refractivity contribution in [2.45, 2.75) is 19.9 Å². The number of halogens is 4. The van der Waals surface area contributed by atoms with Crippen LogP contribution in [0.3, 0.4) is 0 Å². The van der Waals surface area contributed by atoms with Crippen LogP contribution < -0.4 is 4.57 Å². The predicted octanol–water partition coefficient (Wildman–Crippen LogP) is 2.92. The first-order chi connectivity index (χ1) is 5.80. The van der Waals surface area contributed by atoms with E-state index in [1.807, 2.05) is 0 Å². The van der Waals surface area contributed by atoms with Crippen molar-refractivity contribution in [1.29, 1.82) is 0 Å². The van der Waals surface area contributed by atoms with Crippen LogP contribution >= 0.6 is 11.3 Å². The second-order valence-corrected chi connectivity index (χ2v) is 3.32. The van der Waals surface area contributed by atoms with Gasteiger partial charge in [-0.3, -0.25) is 0 Å². The molecule has 1 heterocycles. The van der Waals surface area contributed by atoms with Crippen LogP contribution in [-0.2, 0) is 0 Å². The topological polar surface area (TPSA) is 3.88 Å². The van der Waals surface area contributed by atoms with Crippen LogP contribution in [0.5, 0.6) is 0 Å². The normalized spacial score (nSPS) is 11.0. The van der Waals surface area contributed by atoms with Crippen molar-refractivity contribution in [2.75, 3.05) is 0 Å². The number of aromatic nitrogens is 1. The number of hydrogen-bond acceptors (Lipinski definition) is 1. The Balaban J connectivity index is 0.000000252. The van der Waals surface area contributed by atoms with Crippen molar-refractivity contribution in [3.05, 3.63) is 17.1 Å². The molecule has 0 spiro atoms. The molecule has 0 N–H and O–H groups in total. The second-order valence-electron chi connectivity index (χ2n) is 2.56. The maximum atomic E-state index is 9.75. The molecule has 0 aliphatic carbocycles. The Kier molecular flexibility index (Phi) is 4.98. The van der Waals surface area contributed by atoms with E-state index in [0.29, 0.717) is 6.04 Å². The molecular formula is C6H10BF4NS. The van der Waals surface area contributed by atoms with Gasteiger partial charge in [-0.1, -0.05) is 11.3 Å². The fraction of sp³-hybridized carbons (Fsp3) is 0.500. The van der Waals surface area contributed by atoms with Gasteiger partial charge in [0.1, 0.15) is 0 Å². The van der Waals surface area contributed by atoms with Gasteiger partial charge in [-0.25, -0.2) is 0 Å². The summed E-state index contributed by atoms with van der Waals surface area (Å²) >= 11 is 1.73. The summed E-state index contributed by atoms with van der Waals surface area (Å²) in [5.41, 5.74) is 2.12. The minimum absolute atomic E-state index is 0.612. The second kappa shape index (κ2) is 5.21. The smallest absolute Gasteiger partial charge is 0.418 e. The molecule has 0 aliphatic heterocycles. The average molecular weight is 215 g/mol. The van der Waals surface area contributed by atoms with Gasteiger partial charge >= 0.3 is 7.25 Å². The number of nitrogens with zero attached hydrogens (tertiary/aromatic N) is 1. The van der Waals surface area contributed by atoms with Crippen LogP contribution in [-0.4, -0.2) is 7.25 Å². The zero-order chi connectivity index (χ0) is 10.5. The molecule has 13 heavy (non-hydrogen) atoms. The molecule has 0 radical (unpaired) electrons. The van der Waals surface area contributed by atoms with E-state index in [2.05, 4.69) is 35.5 Å². The minimum atomic E-state index is -6.00. The molecule has 7 heteroatoms. The van der Waals surface area contributed by atoms with E-state index in [0.717, 1.165) is 0 Å². The van der Waals surface area contributed by atoms with Gasteiger partial charge in [0.05, 0.1) is 5.38 Å². The molecule has 1 aromatic heterocycles. The van der Waals surface area contributed by atoms with E-state index in [9.17, 15) is 17.3 Å². The first kappa shape index (κ1) is 12.4. The summed E-state index contributed by atoms with van der Waals surface area (Å²) in [6.07, 6.45) is 2.09. The number of thiazole rings is 1. The Hall–Kier alpha value is -0.585. The molecule has 0 bridgehead atoms. The largest absolute Gasteiger partial charge is 0.673 e. The van der Waals surface area contributed by atoms with Crippen LogP contribution in [0.25, 0.3) is 0 Å². The molecule has 0 unspecified atom stereocenters. The van der Waals surface area contributed by atoms with Crippen LogP contribution in [0, 0.1) is 0 Å². The van der Waals surface area contributed by atoms with Crippen molar-refractivity contribution in [3.63, 3.8) is 0 Å². The quantitative estimate of drug-likeness (QED) is 0.385. The standard InChI is InChI=1S/C6H10NS.BF4/c1-6(2)7-3-4-8-5-7;2-1(3,4)5/h3-6H,1-2H3;/q+1;-1. The van der Waals surface area contributed by atoms with Gasteiger partial charge in [-0.05, 0) is 13.8 Å². The first-order valence-electron chi connectivity index (χ1n) is 3.61. The van der Waals surface area contributed by atoms with Gasteiger partial charge in [0.25, 0.3) is 0 Å². The highest BCUT2D eigenvalue weighted by Crippen LogP contribution is 2.06. The molecule has 0 aromatic carbocycles. The Morgan fingerprint density at radius 1 is 1.23 bits per heavy atom. The lowest BCUT2D eigenvalue weighted by Crippen LogP contribution is -2.32. The van der Waals surface area contributed by atoms with Crippen LogP contribution in [0.2, 0.25) is 0 Å². The van der Waals surface area contributed by atoms with Crippen LogP contribution in [0.1, 0.15) is 19.9 Å². The molecule has 1 nitrogen and oxygen atoms in total. The summed E-state index contributed by atoms with van der Waals surface area (Å²) < 4.78 is 41.2. The number of hydrogen-bond donors (Lipinski definition) is 0. The van der Waals surface area contributed by atoms with Gasteiger partial charge in [-0.2, -0.15) is 4.57 Å². The average Bonchev–Trinajstić information content (AvgIpc) is 2.31. The maximum absolute atomic E-state index is 9.75. The maximum Gasteiger partial charge on any atom is 0.673 e. The van der Waals surface area contributed by atoms with Gasteiger partial charge < -0.3 is 17.3 Å². The highest BCUT2D eigenvalue weighted by molar-refractivity contribution is 7.07. The lowest BCUT2D eigenvalue weighted by molar-refractivity contribution is -0.711. The van der Waals surface area contributed by atoms with Crippen molar-refractivity contribution < 1.29 is 21.8 Å². The third kappa shape index (κ3) is 9.33. The monoisotopic (exact) mass is 215 g/mol. The van der Waals surface area contributed by atoms with E-state index >= 15 is 0 Å². The lowest BCUT2D eigenvalue weighted by atomic mass is 10.3. The fourth-order valence-corrected chi connectivity index (χ4v) is 1.28. The minimum Gasteiger partial charge on any atom is -0.418 e. The first-order valence-corrected chi connectivity index (χ1v) is 4.55. The Labute approximate surface area is 78.1 Å². The highest BCUT2D eigenvalue weighted by Gasteiger charge is 2.20. The van der Waals surface area contributed by atoms with E-state index in [1.165, 1.54) is 0 Å². The van der Waals surface area contributed by atoms with E-state index < -0.39 is 7.25 Å². The third-order valence-electron chi connectivity index (χ3n) is 1.09. The van der Waals surface area contributed by atoms with Gasteiger partial charge in [-0.15, -0.1) is 0 Å². The SMILES string of the molecule is CC(C)[n+]1ccsc1.F[B-](F)(F)F. The molecule has 0 atom stereocenters. The van der Waals surface area contributed by atoms with Crippen molar-refractivity contribution in [1.82, 2.24) is 0 Å². The van der Waals surface area contributed by atoms with Gasteiger partial charge in [0, 0.05) is 0 Å². The molecule has 0 fully saturated rings. The molecule has 0 saturated carbocycles. The summed E-state index contributed by atoms with van der Waals surface area (Å²) in [7, 11) is -6.00. The summed E-state index contributed by atoms with van der Waals surface area (Å²) in [6, 6.07) is 0.612. The molecular weight excluding hydrogens is 205 g/mol. The van der Waals surface area contributed by atoms with E-state index in [-0.39, 0.29) is 0 Å². The van der Waals surface area contributed by atoms with Crippen molar-refractivity contribution >= 4 is 18.6 Å². The summed E-state index contributed by atoms with van der Waals surface area (Å²) in [5.74, 6) is 0. The lowest BCUT2D eigenvalue weighted by Gasteiger charge is -1.94. The molecule has 1 rings (SSSR count). The molecule has 0 amide bonds. The summed E-state index contributed by atoms with van der Waals surface area (Å²) in [6.45, 7) is 4.35. The summed E-state index contributed by atoms with van der Waals surface area (Å²) in [5, 5.41) is 2.08. The Morgan fingerprint density at radius 2 is 1.69 bits per heavy atom. The zero-order valence-electron chi connectivity index (χ0n) is 7.25. The van der Waals surface area contributed by atoms with E-state index in [1.54, 1.807) is 11.3 Å². The molecule has 76 valence electrons. The van der Waals surface area contributed by atoms with E-state index in [4.69, 9.17) is 0 Å². The third-order valence-corrected chi connectivity index (χ3v) is 1.73. The zero-order valence-corrected chi connectivity index (χ0v) is 8.07. The fourth-order valence-electron chi connectivity index (χ4n) is 0.540. The van der Waals surface area contributed by atoms with Crippen LogP contribution in [0.15, 0.2) is 17.1 Å². The van der Waals surface area contributed by atoms with Crippen molar-refractivity contribution in [3.8, 4) is 0 Å². The highest BCUT2D eigenvalue weighted by atomic mass is 32.1. The van der Waals surface area contributed by atoms with Gasteiger partial charge in [0.2, 0.25) is 5.51 Å². The summed E-state index contributed by atoms with van der Waals surface area (Å²) in [4.78, 5) is 0.